The standard InChI is InChI=1S/C14H25NO3/c16-14-12-10-8-6-4-2-1-3-5-7-9-11-13-15(17)18/h3,5,14H,1-2,4,6-13H2/b5-3-. The molecule has 0 aromatic rings. The van der Waals surface area contributed by atoms with E-state index in [1.165, 1.54) is 19.3 Å². The zero-order valence-electron chi connectivity index (χ0n) is 11.2. The molecule has 4 nitrogen and oxygen atoms in total. The van der Waals surface area contributed by atoms with Crippen molar-refractivity contribution in [3.05, 3.63) is 22.3 Å². The molecule has 18 heavy (non-hydrogen) atoms. The number of aldehydes is 1. The first-order valence-corrected chi connectivity index (χ1v) is 6.98. The highest BCUT2D eigenvalue weighted by Crippen LogP contribution is 2.07. The van der Waals surface area contributed by atoms with E-state index in [0.717, 1.165) is 38.4 Å². The molecule has 0 saturated heterocycles. The van der Waals surface area contributed by atoms with E-state index < -0.39 is 0 Å². The maximum absolute atomic E-state index is 10.1. The molecule has 0 aliphatic rings. The number of nitro groups is 1. The van der Waals surface area contributed by atoms with Crippen LogP contribution < -0.4 is 0 Å². The normalized spacial score (nSPS) is 10.9. The molecule has 0 bridgehead atoms. The molecule has 0 aliphatic carbocycles. The highest BCUT2D eigenvalue weighted by Gasteiger charge is 1.94. The van der Waals surface area contributed by atoms with Gasteiger partial charge in [0.05, 0.1) is 0 Å². The van der Waals surface area contributed by atoms with E-state index in [9.17, 15) is 14.9 Å². The highest BCUT2D eigenvalue weighted by molar-refractivity contribution is 5.48. The van der Waals surface area contributed by atoms with E-state index in [0.29, 0.717) is 12.8 Å². The number of allylic oxidation sites excluding steroid dienone is 2. The molecule has 0 aromatic heterocycles. The van der Waals surface area contributed by atoms with Crippen molar-refractivity contribution in [2.75, 3.05) is 6.54 Å². The number of nitrogens with zero attached hydrogens (tertiary/aromatic N) is 1. The van der Waals surface area contributed by atoms with Gasteiger partial charge in [0.1, 0.15) is 6.29 Å². The van der Waals surface area contributed by atoms with Gasteiger partial charge >= 0.3 is 0 Å². The monoisotopic (exact) mass is 255 g/mol. The van der Waals surface area contributed by atoms with Gasteiger partial charge in [-0.15, -0.1) is 0 Å². The van der Waals surface area contributed by atoms with Crippen LogP contribution in [0.15, 0.2) is 12.2 Å². The van der Waals surface area contributed by atoms with Crippen molar-refractivity contribution in [1.82, 2.24) is 0 Å². The quantitative estimate of drug-likeness (QED) is 0.165. The molecule has 4 heteroatoms. The van der Waals surface area contributed by atoms with Crippen LogP contribution in [0.25, 0.3) is 0 Å². The smallest absolute Gasteiger partial charge is 0.203 e. The van der Waals surface area contributed by atoms with Crippen LogP contribution in [0.2, 0.25) is 0 Å². The second-order valence-corrected chi connectivity index (χ2v) is 4.54. The van der Waals surface area contributed by atoms with Crippen molar-refractivity contribution in [2.24, 2.45) is 0 Å². The Morgan fingerprint density at radius 2 is 1.28 bits per heavy atom. The number of carbonyl (C=O) groups excluding carboxylic acids is 1. The van der Waals surface area contributed by atoms with E-state index in [1.54, 1.807) is 0 Å². The number of hydrogen-bond acceptors (Lipinski definition) is 3. The molecule has 0 fully saturated rings. The summed E-state index contributed by atoms with van der Waals surface area (Å²) in [6.07, 6.45) is 15.4. The van der Waals surface area contributed by atoms with E-state index in [1.807, 2.05) is 0 Å². The molecule has 0 radical (unpaired) electrons. The van der Waals surface area contributed by atoms with Gasteiger partial charge in [-0.05, 0) is 32.1 Å². The van der Waals surface area contributed by atoms with Crippen molar-refractivity contribution in [3.8, 4) is 0 Å². The Labute approximate surface area is 110 Å². The summed E-state index contributed by atoms with van der Waals surface area (Å²) >= 11 is 0. The molecule has 0 amide bonds. The van der Waals surface area contributed by atoms with Crippen LogP contribution in [0.3, 0.4) is 0 Å². The van der Waals surface area contributed by atoms with Crippen molar-refractivity contribution < 1.29 is 9.72 Å². The van der Waals surface area contributed by atoms with E-state index >= 15 is 0 Å². The second-order valence-electron chi connectivity index (χ2n) is 4.54. The molecule has 0 aliphatic heterocycles. The maximum atomic E-state index is 10.1. The predicted molar refractivity (Wildman–Crippen MR) is 73.2 cm³/mol. The molecule has 104 valence electrons. The topological polar surface area (TPSA) is 60.2 Å². The third-order valence-corrected chi connectivity index (χ3v) is 2.82. The number of rotatable bonds is 13. The van der Waals surface area contributed by atoms with Crippen LogP contribution in [-0.4, -0.2) is 17.8 Å². The summed E-state index contributed by atoms with van der Waals surface area (Å²) in [5.41, 5.74) is 0. The Hall–Kier alpha value is -1.19. The molecule has 0 unspecified atom stereocenters. The SMILES string of the molecule is O=CCCCCCCC/C=C\CCCC[N+](=O)[O-]. The average Bonchev–Trinajstić information content (AvgIpc) is 2.34. The third kappa shape index (κ3) is 14.8. The van der Waals surface area contributed by atoms with Gasteiger partial charge < -0.3 is 4.79 Å². The molecule has 0 N–H and O–H groups in total. The summed E-state index contributed by atoms with van der Waals surface area (Å²) in [5, 5.41) is 10.1. The highest BCUT2D eigenvalue weighted by atomic mass is 16.6. The Kier molecular flexibility index (Phi) is 13.0. The largest absolute Gasteiger partial charge is 0.303 e. The molecular formula is C14H25NO3. The summed E-state index contributed by atoms with van der Waals surface area (Å²) in [7, 11) is 0. The first kappa shape index (κ1) is 16.8. The van der Waals surface area contributed by atoms with Gasteiger partial charge in [-0.1, -0.05) is 31.4 Å². The fraction of sp³-hybridized carbons (Fsp3) is 0.786. The lowest BCUT2D eigenvalue weighted by Gasteiger charge is -1.97. The van der Waals surface area contributed by atoms with Crippen LogP contribution in [-0.2, 0) is 4.79 Å². The Balaban J connectivity index is 3.09. The summed E-state index contributed by atoms with van der Waals surface area (Å²) in [4.78, 5) is 19.9. The Morgan fingerprint density at radius 1 is 0.778 bits per heavy atom. The van der Waals surface area contributed by atoms with Crippen LogP contribution in [0.4, 0.5) is 0 Å². The molecule has 0 aromatic carbocycles. The maximum Gasteiger partial charge on any atom is 0.203 e. The van der Waals surface area contributed by atoms with Crippen LogP contribution in [0.5, 0.6) is 0 Å². The van der Waals surface area contributed by atoms with Gasteiger partial charge in [0.15, 0.2) is 0 Å². The summed E-state index contributed by atoms with van der Waals surface area (Å²) in [6, 6.07) is 0. The zero-order chi connectivity index (χ0) is 13.5. The lowest BCUT2D eigenvalue weighted by Crippen LogP contribution is -1.99. The van der Waals surface area contributed by atoms with Gasteiger partial charge in [-0.25, -0.2) is 0 Å². The van der Waals surface area contributed by atoms with Gasteiger partial charge in [-0.3, -0.25) is 10.1 Å². The minimum Gasteiger partial charge on any atom is -0.303 e. The minimum atomic E-state index is -0.256. The number of unbranched alkanes of at least 4 members (excludes halogenated alkanes) is 8. The zero-order valence-corrected chi connectivity index (χ0v) is 11.2. The summed E-state index contributed by atoms with van der Waals surface area (Å²) in [6.45, 7) is 0.0919. The van der Waals surface area contributed by atoms with Crippen molar-refractivity contribution in [3.63, 3.8) is 0 Å². The van der Waals surface area contributed by atoms with Gasteiger partial charge in [0, 0.05) is 17.8 Å². The van der Waals surface area contributed by atoms with E-state index in [-0.39, 0.29) is 11.5 Å². The molecule has 0 rings (SSSR count). The van der Waals surface area contributed by atoms with Crippen molar-refractivity contribution in [2.45, 2.75) is 64.2 Å². The fourth-order valence-electron chi connectivity index (χ4n) is 1.76. The Bertz CT molecular complexity index is 239. The van der Waals surface area contributed by atoms with Gasteiger partial charge in [0.25, 0.3) is 0 Å². The number of hydrogen-bond donors (Lipinski definition) is 0. The molecule has 0 atom stereocenters. The lowest BCUT2D eigenvalue weighted by atomic mass is 10.1. The summed E-state index contributed by atoms with van der Waals surface area (Å²) < 4.78 is 0. The average molecular weight is 255 g/mol. The number of carbonyl (C=O) groups is 1. The van der Waals surface area contributed by atoms with Gasteiger partial charge in [-0.2, -0.15) is 0 Å². The van der Waals surface area contributed by atoms with E-state index in [2.05, 4.69) is 12.2 Å². The first-order chi connectivity index (χ1) is 8.77. The molecule has 0 saturated carbocycles. The molecule has 0 heterocycles. The Morgan fingerprint density at radius 3 is 1.83 bits per heavy atom. The van der Waals surface area contributed by atoms with E-state index in [4.69, 9.17) is 0 Å². The molecular weight excluding hydrogens is 230 g/mol. The van der Waals surface area contributed by atoms with Gasteiger partial charge in [0.2, 0.25) is 6.54 Å². The summed E-state index contributed by atoms with van der Waals surface area (Å²) in [5.74, 6) is 0. The second kappa shape index (κ2) is 13.9. The predicted octanol–water partition coefficient (Wildman–Crippen LogP) is 3.92. The van der Waals surface area contributed by atoms with Crippen LogP contribution in [0.1, 0.15) is 64.2 Å². The fourth-order valence-corrected chi connectivity index (χ4v) is 1.76. The van der Waals surface area contributed by atoms with Crippen molar-refractivity contribution >= 4 is 6.29 Å². The van der Waals surface area contributed by atoms with Crippen molar-refractivity contribution in [1.29, 1.82) is 0 Å². The lowest BCUT2D eigenvalue weighted by molar-refractivity contribution is -0.480. The minimum absolute atomic E-state index is 0.0919. The first-order valence-electron chi connectivity index (χ1n) is 6.98. The molecule has 0 spiro atoms. The van der Waals surface area contributed by atoms with Crippen LogP contribution in [0, 0.1) is 10.1 Å². The third-order valence-electron chi connectivity index (χ3n) is 2.82. The van der Waals surface area contributed by atoms with Crippen LogP contribution >= 0.6 is 0 Å².